The molecule has 0 aromatic heterocycles. The third-order valence-corrected chi connectivity index (χ3v) is 4.74. The summed E-state index contributed by atoms with van der Waals surface area (Å²) in [5.41, 5.74) is 0. The number of thioether (sulfide) groups is 1. The summed E-state index contributed by atoms with van der Waals surface area (Å²) in [7, 11) is 0. The van der Waals surface area contributed by atoms with Crippen LogP contribution in [-0.4, -0.2) is 48.1 Å². The van der Waals surface area contributed by atoms with Gasteiger partial charge in [-0.15, -0.1) is 0 Å². The molecule has 2 aliphatic heterocycles. The normalized spacial score (nSPS) is 34.1. The highest BCUT2D eigenvalue weighted by Crippen LogP contribution is 2.25. The molecular weight excluding hydrogens is 192 g/mol. The van der Waals surface area contributed by atoms with E-state index in [1.807, 2.05) is 0 Å². The van der Waals surface area contributed by atoms with Gasteiger partial charge in [-0.3, -0.25) is 0 Å². The smallest absolute Gasteiger partial charge is 0.0192 e. The second-order valence-corrected chi connectivity index (χ2v) is 5.96. The molecule has 1 N–H and O–H groups in total. The van der Waals surface area contributed by atoms with E-state index in [9.17, 15) is 0 Å². The molecule has 0 radical (unpaired) electrons. The third kappa shape index (κ3) is 2.88. The maximum atomic E-state index is 3.70. The minimum absolute atomic E-state index is 0.780. The molecule has 2 unspecified atom stereocenters. The van der Waals surface area contributed by atoms with Gasteiger partial charge in [0.2, 0.25) is 0 Å². The van der Waals surface area contributed by atoms with Gasteiger partial charge in [0, 0.05) is 24.4 Å². The van der Waals surface area contributed by atoms with Crippen molar-refractivity contribution in [3.8, 4) is 0 Å². The first-order valence-electron chi connectivity index (χ1n) is 5.93. The van der Waals surface area contributed by atoms with E-state index in [4.69, 9.17) is 0 Å². The summed E-state index contributed by atoms with van der Waals surface area (Å²) in [5.74, 6) is 1.35. The first-order chi connectivity index (χ1) is 6.86. The van der Waals surface area contributed by atoms with Crippen molar-refractivity contribution in [3.63, 3.8) is 0 Å². The van der Waals surface area contributed by atoms with Gasteiger partial charge in [0.25, 0.3) is 0 Å². The van der Waals surface area contributed by atoms with Crippen LogP contribution in [0.4, 0.5) is 0 Å². The average Bonchev–Trinajstić information content (AvgIpc) is 2.78. The fourth-order valence-corrected chi connectivity index (χ4v) is 3.64. The lowest BCUT2D eigenvalue weighted by Crippen LogP contribution is -2.38. The highest BCUT2D eigenvalue weighted by Gasteiger charge is 2.23. The van der Waals surface area contributed by atoms with E-state index in [-0.39, 0.29) is 0 Å². The van der Waals surface area contributed by atoms with E-state index < -0.39 is 0 Å². The predicted molar refractivity (Wildman–Crippen MR) is 64.0 cm³/mol. The monoisotopic (exact) mass is 214 g/mol. The molecule has 0 saturated carbocycles. The Kier molecular flexibility index (Phi) is 4.14. The van der Waals surface area contributed by atoms with Gasteiger partial charge in [-0.05, 0) is 38.1 Å². The van der Waals surface area contributed by atoms with Crippen LogP contribution in [0, 0.1) is 0 Å². The molecule has 2 saturated heterocycles. The number of hydrogen-bond donors (Lipinski definition) is 1. The Morgan fingerprint density at radius 3 is 2.79 bits per heavy atom. The highest BCUT2D eigenvalue weighted by atomic mass is 32.2. The van der Waals surface area contributed by atoms with Crippen molar-refractivity contribution in [2.75, 3.05) is 31.9 Å². The van der Waals surface area contributed by atoms with Crippen LogP contribution in [0.3, 0.4) is 0 Å². The van der Waals surface area contributed by atoms with Gasteiger partial charge in [0.1, 0.15) is 0 Å². The second-order valence-electron chi connectivity index (χ2n) is 4.47. The number of nitrogens with one attached hydrogen (secondary N) is 1. The topological polar surface area (TPSA) is 15.3 Å². The Morgan fingerprint density at radius 1 is 1.36 bits per heavy atom. The highest BCUT2D eigenvalue weighted by molar-refractivity contribution is 8.00. The van der Waals surface area contributed by atoms with Gasteiger partial charge in [0.15, 0.2) is 0 Å². The lowest BCUT2D eigenvalue weighted by atomic mass is 10.2. The van der Waals surface area contributed by atoms with Gasteiger partial charge in [0.05, 0.1) is 0 Å². The van der Waals surface area contributed by atoms with Crippen molar-refractivity contribution < 1.29 is 0 Å². The molecule has 2 rings (SSSR count). The van der Waals surface area contributed by atoms with E-state index in [0.29, 0.717) is 0 Å². The number of hydrogen-bond acceptors (Lipinski definition) is 3. The lowest BCUT2D eigenvalue weighted by Gasteiger charge is -2.19. The molecule has 14 heavy (non-hydrogen) atoms. The summed E-state index contributed by atoms with van der Waals surface area (Å²) in [6.07, 6.45) is 4.19. The number of nitrogens with zero attached hydrogens (tertiary/aromatic N) is 1. The summed E-state index contributed by atoms with van der Waals surface area (Å²) in [6.45, 7) is 7.46. The molecule has 0 aromatic rings. The van der Waals surface area contributed by atoms with Gasteiger partial charge >= 0.3 is 0 Å². The predicted octanol–water partition coefficient (Wildman–Crippen LogP) is 1.57. The molecule has 0 aliphatic carbocycles. The largest absolute Gasteiger partial charge is 0.312 e. The van der Waals surface area contributed by atoms with Crippen molar-refractivity contribution >= 4 is 11.8 Å². The number of likely N-dealkylation sites (tertiary alicyclic amines) is 1. The fraction of sp³-hybridized carbons (Fsp3) is 1.00. The molecule has 2 heterocycles. The molecule has 0 spiro atoms. The summed E-state index contributed by atoms with van der Waals surface area (Å²) in [6, 6.07) is 0.780. The Morgan fingerprint density at radius 2 is 2.14 bits per heavy atom. The molecule has 0 amide bonds. The minimum Gasteiger partial charge on any atom is -0.312 e. The first-order valence-corrected chi connectivity index (χ1v) is 6.98. The summed E-state index contributed by atoms with van der Waals surface area (Å²) >= 11 is 2.11. The standard InChI is InChI=1S/C11H22N2S/c1-10-11(4-9-14-10)12-5-8-13-6-2-3-7-13/h10-12H,2-9H2,1H3. The maximum absolute atomic E-state index is 3.70. The van der Waals surface area contributed by atoms with Crippen LogP contribution in [0.15, 0.2) is 0 Å². The molecule has 2 fully saturated rings. The molecule has 0 aromatic carbocycles. The molecule has 2 aliphatic rings. The van der Waals surface area contributed by atoms with Gasteiger partial charge in [-0.1, -0.05) is 6.92 Å². The van der Waals surface area contributed by atoms with Crippen molar-refractivity contribution in [1.82, 2.24) is 10.2 Å². The Labute approximate surface area is 91.8 Å². The zero-order chi connectivity index (χ0) is 9.80. The Balaban J connectivity index is 1.57. The van der Waals surface area contributed by atoms with E-state index in [1.54, 1.807) is 0 Å². The lowest BCUT2D eigenvalue weighted by molar-refractivity contribution is 0.326. The Hall–Kier alpha value is 0.270. The summed E-state index contributed by atoms with van der Waals surface area (Å²) in [5, 5.41) is 4.52. The maximum Gasteiger partial charge on any atom is 0.0192 e. The van der Waals surface area contributed by atoms with Crippen LogP contribution < -0.4 is 5.32 Å². The summed E-state index contributed by atoms with van der Waals surface area (Å²) < 4.78 is 0. The van der Waals surface area contributed by atoms with Crippen LogP contribution in [0.5, 0.6) is 0 Å². The van der Waals surface area contributed by atoms with Crippen molar-refractivity contribution in [1.29, 1.82) is 0 Å². The van der Waals surface area contributed by atoms with Gasteiger partial charge in [-0.25, -0.2) is 0 Å². The second kappa shape index (κ2) is 5.38. The van der Waals surface area contributed by atoms with Crippen molar-refractivity contribution in [3.05, 3.63) is 0 Å². The molecule has 0 bridgehead atoms. The Bertz CT molecular complexity index is 169. The van der Waals surface area contributed by atoms with Crippen LogP contribution in [0.1, 0.15) is 26.2 Å². The van der Waals surface area contributed by atoms with Crippen LogP contribution in [0.25, 0.3) is 0 Å². The SMILES string of the molecule is CC1SCCC1NCCN1CCCC1. The van der Waals surface area contributed by atoms with E-state index in [0.717, 1.165) is 11.3 Å². The van der Waals surface area contributed by atoms with Crippen molar-refractivity contribution in [2.45, 2.75) is 37.5 Å². The molecule has 2 nitrogen and oxygen atoms in total. The third-order valence-electron chi connectivity index (χ3n) is 3.41. The summed E-state index contributed by atoms with van der Waals surface area (Å²) in [4.78, 5) is 2.58. The van der Waals surface area contributed by atoms with E-state index >= 15 is 0 Å². The zero-order valence-corrected chi connectivity index (χ0v) is 9.98. The van der Waals surface area contributed by atoms with Crippen molar-refractivity contribution in [2.24, 2.45) is 0 Å². The van der Waals surface area contributed by atoms with Crippen LogP contribution in [0.2, 0.25) is 0 Å². The molecule has 82 valence electrons. The molecule has 2 atom stereocenters. The zero-order valence-electron chi connectivity index (χ0n) is 9.17. The van der Waals surface area contributed by atoms with Crippen LogP contribution in [-0.2, 0) is 0 Å². The fourth-order valence-electron chi connectivity index (χ4n) is 2.41. The molecule has 3 heteroatoms. The van der Waals surface area contributed by atoms with E-state index in [2.05, 4.69) is 28.9 Å². The van der Waals surface area contributed by atoms with Gasteiger partial charge < -0.3 is 10.2 Å². The van der Waals surface area contributed by atoms with E-state index in [1.165, 1.54) is 51.2 Å². The molecular formula is C11H22N2S. The minimum atomic E-state index is 0.780. The quantitative estimate of drug-likeness (QED) is 0.765. The first kappa shape index (κ1) is 10.8. The van der Waals surface area contributed by atoms with Crippen LogP contribution >= 0.6 is 11.8 Å². The average molecular weight is 214 g/mol. The van der Waals surface area contributed by atoms with Gasteiger partial charge in [-0.2, -0.15) is 11.8 Å². The number of rotatable bonds is 4.